The van der Waals surface area contributed by atoms with Crippen molar-refractivity contribution in [2.45, 2.75) is 20.3 Å². The zero-order valence-corrected chi connectivity index (χ0v) is 11.2. The van der Waals surface area contributed by atoms with Crippen LogP contribution in [0.1, 0.15) is 19.5 Å². The molecule has 0 fully saturated rings. The van der Waals surface area contributed by atoms with Gasteiger partial charge in [-0.1, -0.05) is 19.9 Å². The number of fused-ring (bicyclic) bond motifs is 1. The minimum Gasteiger partial charge on any atom is -0.497 e. The van der Waals surface area contributed by atoms with Gasteiger partial charge >= 0.3 is 0 Å². The topological polar surface area (TPSA) is 48.1 Å². The summed E-state index contributed by atoms with van der Waals surface area (Å²) in [7, 11) is 1.68. The average Bonchev–Trinajstić information content (AvgIpc) is 2.38. The summed E-state index contributed by atoms with van der Waals surface area (Å²) >= 11 is 0. The Balaban J connectivity index is 2.49. The van der Waals surface area contributed by atoms with Crippen molar-refractivity contribution in [1.82, 2.24) is 4.98 Å². The highest BCUT2D eigenvalue weighted by atomic mass is 16.5. The number of pyridine rings is 1. The van der Waals surface area contributed by atoms with Crippen molar-refractivity contribution in [3.8, 4) is 5.75 Å². The van der Waals surface area contributed by atoms with Crippen molar-refractivity contribution in [2.75, 3.05) is 13.7 Å². The van der Waals surface area contributed by atoms with Crippen molar-refractivity contribution in [1.29, 1.82) is 0 Å². The summed E-state index contributed by atoms with van der Waals surface area (Å²) < 4.78 is 5.28. The minimum absolute atomic E-state index is 0.0599. The summed E-state index contributed by atoms with van der Waals surface area (Å²) in [5.74, 6) is 0.863. The highest BCUT2D eigenvalue weighted by molar-refractivity contribution is 5.85. The van der Waals surface area contributed by atoms with E-state index in [0.717, 1.165) is 23.3 Å². The van der Waals surface area contributed by atoms with Crippen LogP contribution in [-0.2, 0) is 6.42 Å². The van der Waals surface area contributed by atoms with Crippen molar-refractivity contribution < 1.29 is 4.74 Å². The van der Waals surface area contributed by atoms with Gasteiger partial charge in [0.1, 0.15) is 5.75 Å². The first-order valence-corrected chi connectivity index (χ1v) is 6.17. The molecule has 3 nitrogen and oxygen atoms in total. The zero-order chi connectivity index (χ0) is 13.2. The van der Waals surface area contributed by atoms with E-state index in [9.17, 15) is 0 Å². The third kappa shape index (κ3) is 2.62. The van der Waals surface area contributed by atoms with E-state index in [2.05, 4.69) is 24.9 Å². The molecule has 0 unspecified atom stereocenters. The predicted octanol–water partition coefficient (Wildman–Crippen LogP) is 2.77. The summed E-state index contributed by atoms with van der Waals surface area (Å²) in [6.07, 6.45) is 2.73. The Kier molecular flexibility index (Phi) is 3.53. The Morgan fingerprint density at radius 2 is 2.06 bits per heavy atom. The molecule has 2 rings (SSSR count). The summed E-state index contributed by atoms with van der Waals surface area (Å²) in [5.41, 5.74) is 6.95. The van der Waals surface area contributed by atoms with Crippen LogP contribution in [-0.4, -0.2) is 18.6 Å². The summed E-state index contributed by atoms with van der Waals surface area (Å²) in [4.78, 5) is 4.50. The maximum atomic E-state index is 5.80. The fourth-order valence-electron chi connectivity index (χ4n) is 2.00. The maximum Gasteiger partial charge on any atom is 0.119 e. The fourth-order valence-corrected chi connectivity index (χ4v) is 2.00. The van der Waals surface area contributed by atoms with Crippen LogP contribution in [0.25, 0.3) is 10.8 Å². The molecule has 0 aliphatic carbocycles. The fraction of sp³-hybridized carbons (Fsp3) is 0.400. The van der Waals surface area contributed by atoms with Crippen LogP contribution in [0.3, 0.4) is 0 Å². The standard InChI is InChI=1S/C15H20N2O/c1-15(2,10-16)9-14-13-8-12(18-3)5-4-11(13)6-7-17-14/h4-8H,9-10,16H2,1-3H3. The van der Waals surface area contributed by atoms with Gasteiger partial charge in [-0.2, -0.15) is 0 Å². The number of ether oxygens (including phenoxy) is 1. The lowest BCUT2D eigenvalue weighted by molar-refractivity contribution is 0.374. The normalized spacial score (nSPS) is 11.8. The van der Waals surface area contributed by atoms with Gasteiger partial charge in [0, 0.05) is 17.3 Å². The number of benzene rings is 1. The highest BCUT2D eigenvalue weighted by Gasteiger charge is 2.18. The van der Waals surface area contributed by atoms with Crippen molar-refractivity contribution in [3.05, 3.63) is 36.2 Å². The van der Waals surface area contributed by atoms with E-state index >= 15 is 0 Å². The van der Waals surface area contributed by atoms with Crippen LogP contribution in [0.5, 0.6) is 5.75 Å². The molecule has 0 bridgehead atoms. The second-order valence-electron chi connectivity index (χ2n) is 5.39. The Morgan fingerprint density at radius 3 is 2.72 bits per heavy atom. The Bertz CT molecular complexity index is 549. The van der Waals surface area contributed by atoms with Gasteiger partial charge < -0.3 is 10.5 Å². The third-order valence-electron chi connectivity index (χ3n) is 3.25. The highest BCUT2D eigenvalue weighted by Crippen LogP contribution is 2.27. The summed E-state index contributed by atoms with van der Waals surface area (Å²) in [6.45, 7) is 4.97. The lowest BCUT2D eigenvalue weighted by Gasteiger charge is -2.22. The number of nitrogens with two attached hydrogens (primary N) is 1. The summed E-state index contributed by atoms with van der Waals surface area (Å²) in [6, 6.07) is 8.10. The van der Waals surface area contributed by atoms with Gasteiger partial charge in [-0.15, -0.1) is 0 Å². The molecule has 1 heterocycles. The quantitative estimate of drug-likeness (QED) is 0.899. The number of aromatic nitrogens is 1. The van der Waals surface area contributed by atoms with Crippen LogP contribution < -0.4 is 10.5 Å². The first-order valence-electron chi connectivity index (χ1n) is 6.17. The molecule has 0 atom stereocenters. The summed E-state index contributed by atoms with van der Waals surface area (Å²) in [5, 5.41) is 2.34. The number of hydrogen-bond donors (Lipinski definition) is 1. The third-order valence-corrected chi connectivity index (χ3v) is 3.25. The molecule has 3 heteroatoms. The van der Waals surface area contributed by atoms with Crippen LogP contribution in [0.15, 0.2) is 30.5 Å². The molecule has 0 saturated heterocycles. The van der Waals surface area contributed by atoms with Crippen molar-refractivity contribution in [2.24, 2.45) is 11.1 Å². The maximum absolute atomic E-state index is 5.80. The molecule has 1 aromatic carbocycles. The number of rotatable bonds is 4. The second-order valence-corrected chi connectivity index (χ2v) is 5.39. The first kappa shape index (κ1) is 12.8. The first-order chi connectivity index (χ1) is 8.55. The molecule has 2 N–H and O–H groups in total. The molecule has 18 heavy (non-hydrogen) atoms. The van der Waals surface area contributed by atoms with Gasteiger partial charge in [-0.05, 0) is 42.0 Å². The Labute approximate surface area is 108 Å². The predicted molar refractivity (Wildman–Crippen MR) is 74.8 cm³/mol. The van der Waals surface area contributed by atoms with Crippen LogP contribution >= 0.6 is 0 Å². The molecule has 0 amide bonds. The van der Waals surface area contributed by atoms with Gasteiger partial charge in [0.2, 0.25) is 0 Å². The van der Waals surface area contributed by atoms with Crippen molar-refractivity contribution in [3.63, 3.8) is 0 Å². The van der Waals surface area contributed by atoms with Crippen LogP contribution in [0, 0.1) is 5.41 Å². The Hall–Kier alpha value is -1.61. The molecule has 2 aromatic rings. The molecular weight excluding hydrogens is 224 g/mol. The minimum atomic E-state index is 0.0599. The van der Waals surface area contributed by atoms with E-state index in [4.69, 9.17) is 10.5 Å². The van der Waals surface area contributed by atoms with Crippen LogP contribution in [0.4, 0.5) is 0 Å². The molecule has 96 valence electrons. The molecule has 1 aromatic heterocycles. The molecule has 0 aliphatic rings. The number of nitrogens with zero attached hydrogens (tertiary/aromatic N) is 1. The van der Waals surface area contributed by atoms with Gasteiger partial charge in [0.15, 0.2) is 0 Å². The Morgan fingerprint density at radius 1 is 1.28 bits per heavy atom. The van der Waals surface area contributed by atoms with Crippen molar-refractivity contribution >= 4 is 10.8 Å². The van der Waals surface area contributed by atoms with Gasteiger partial charge in [0.25, 0.3) is 0 Å². The van der Waals surface area contributed by atoms with E-state index in [1.165, 1.54) is 5.39 Å². The van der Waals surface area contributed by atoms with Crippen LogP contribution in [0.2, 0.25) is 0 Å². The molecule has 0 spiro atoms. The van der Waals surface area contributed by atoms with E-state index < -0.39 is 0 Å². The monoisotopic (exact) mass is 244 g/mol. The molecule has 0 saturated carbocycles. The molecular formula is C15H20N2O. The van der Waals surface area contributed by atoms with Gasteiger partial charge in [-0.25, -0.2) is 0 Å². The van der Waals surface area contributed by atoms with Gasteiger partial charge in [0.05, 0.1) is 7.11 Å². The van der Waals surface area contributed by atoms with E-state index in [0.29, 0.717) is 6.54 Å². The lowest BCUT2D eigenvalue weighted by Crippen LogP contribution is -2.26. The molecule has 0 radical (unpaired) electrons. The number of hydrogen-bond acceptors (Lipinski definition) is 3. The SMILES string of the molecule is COc1ccc2ccnc(CC(C)(C)CN)c2c1. The van der Waals surface area contributed by atoms with E-state index in [1.807, 2.05) is 24.4 Å². The number of methoxy groups -OCH3 is 1. The largest absolute Gasteiger partial charge is 0.497 e. The lowest BCUT2D eigenvalue weighted by atomic mass is 9.86. The average molecular weight is 244 g/mol. The zero-order valence-electron chi connectivity index (χ0n) is 11.2. The van der Waals surface area contributed by atoms with E-state index in [1.54, 1.807) is 7.11 Å². The van der Waals surface area contributed by atoms with E-state index in [-0.39, 0.29) is 5.41 Å². The van der Waals surface area contributed by atoms with Gasteiger partial charge in [-0.3, -0.25) is 4.98 Å². The molecule has 0 aliphatic heterocycles. The second kappa shape index (κ2) is 4.94. The smallest absolute Gasteiger partial charge is 0.119 e.